The molecule has 2 aliphatic rings. The van der Waals surface area contributed by atoms with Crippen LogP contribution in [0.2, 0.25) is 0 Å². The van der Waals surface area contributed by atoms with Crippen LogP contribution in [0.5, 0.6) is 0 Å². The number of pyridine rings is 1. The molecule has 158 valence electrons. The van der Waals surface area contributed by atoms with Crippen molar-refractivity contribution in [2.75, 3.05) is 16.8 Å². The summed E-state index contributed by atoms with van der Waals surface area (Å²) in [6, 6.07) is 8.35. The SMILES string of the molecule is Cc1cccc(Nc2nc3c(s2)CCN(Cc2cc(C4CC4)cn2C)c2[nH]ncc2-3)n1. The van der Waals surface area contributed by atoms with Crippen molar-refractivity contribution in [1.29, 1.82) is 0 Å². The van der Waals surface area contributed by atoms with Crippen LogP contribution >= 0.6 is 11.3 Å². The average molecular weight is 432 g/mol. The Morgan fingerprint density at radius 2 is 2.16 bits per heavy atom. The first-order valence-electron chi connectivity index (χ1n) is 10.8. The summed E-state index contributed by atoms with van der Waals surface area (Å²) in [6.07, 6.45) is 7.82. The Bertz CT molecular complexity index is 1250. The maximum absolute atomic E-state index is 4.92. The fourth-order valence-electron chi connectivity index (χ4n) is 4.34. The molecule has 1 saturated carbocycles. The number of thiazole rings is 1. The molecule has 2 N–H and O–H groups in total. The van der Waals surface area contributed by atoms with Gasteiger partial charge in [-0.25, -0.2) is 9.97 Å². The standard InChI is InChI=1S/C23H25N7S/c1-14-4-3-5-20(25-14)26-23-27-21-18-11-24-28-22(18)30(9-8-19(21)31-23)13-17-10-16(12-29(17)2)15-6-7-15/h3-5,10-12,15H,6-9,13H2,1-2H3,(H,24,28)(H,25,26,27). The molecule has 5 heterocycles. The zero-order valence-corrected chi connectivity index (χ0v) is 18.5. The van der Waals surface area contributed by atoms with E-state index in [2.05, 4.69) is 49.3 Å². The number of fused-ring (bicyclic) bond motifs is 3. The molecule has 7 nitrogen and oxygen atoms in total. The van der Waals surface area contributed by atoms with Gasteiger partial charge in [0.2, 0.25) is 0 Å². The van der Waals surface area contributed by atoms with Gasteiger partial charge >= 0.3 is 0 Å². The van der Waals surface area contributed by atoms with Crippen molar-refractivity contribution < 1.29 is 0 Å². The van der Waals surface area contributed by atoms with Crippen LogP contribution in [-0.2, 0) is 20.0 Å². The lowest BCUT2D eigenvalue weighted by Crippen LogP contribution is -2.26. The third-order valence-electron chi connectivity index (χ3n) is 6.15. The van der Waals surface area contributed by atoms with E-state index in [0.29, 0.717) is 0 Å². The number of aromatic nitrogens is 5. The van der Waals surface area contributed by atoms with Crippen LogP contribution in [0.3, 0.4) is 0 Å². The summed E-state index contributed by atoms with van der Waals surface area (Å²) in [7, 11) is 2.16. The van der Waals surface area contributed by atoms with Gasteiger partial charge in [0.1, 0.15) is 11.6 Å². The van der Waals surface area contributed by atoms with Crippen LogP contribution in [0.1, 0.15) is 40.6 Å². The second-order valence-corrected chi connectivity index (χ2v) is 9.62. The van der Waals surface area contributed by atoms with Gasteiger partial charge in [-0.2, -0.15) is 5.10 Å². The smallest absolute Gasteiger partial charge is 0.189 e. The number of nitrogens with one attached hydrogen (secondary N) is 2. The van der Waals surface area contributed by atoms with E-state index in [1.54, 1.807) is 11.3 Å². The summed E-state index contributed by atoms with van der Waals surface area (Å²) in [5.41, 5.74) is 5.91. The van der Waals surface area contributed by atoms with Crippen molar-refractivity contribution in [3.8, 4) is 11.3 Å². The first kappa shape index (κ1) is 18.6. The van der Waals surface area contributed by atoms with Gasteiger partial charge in [0.15, 0.2) is 5.13 Å². The fourth-order valence-corrected chi connectivity index (χ4v) is 5.31. The molecule has 31 heavy (non-hydrogen) atoms. The first-order valence-corrected chi connectivity index (χ1v) is 11.6. The number of hydrogen-bond acceptors (Lipinski definition) is 6. The van der Waals surface area contributed by atoms with E-state index >= 15 is 0 Å². The van der Waals surface area contributed by atoms with Crippen molar-refractivity contribution in [1.82, 2.24) is 24.7 Å². The van der Waals surface area contributed by atoms with E-state index in [9.17, 15) is 0 Å². The molecule has 0 bridgehead atoms. The molecular weight excluding hydrogens is 406 g/mol. The van der Waals surface area contributed by atoms with Crippen LogP contribution in [0.15, 0.2) is 36.7 Å². The summed E-state index contributed by atoms with van der Waals surface area (Å²) in [6.45, 7) is 3.79. The van der Waals surface area contributed by atoms with E-state index in [-0.39, 0.29) is 0 Å². The topological polar surface area (TPSA) is 74.7 Å². The number of rotatable bonds is 5. The summed E-state index contributed by atoms with van der Waals surface area (Å²) in [5.74, 6) is 2.66. The molecule has 0 radical (unpaired) electrons. The van der Waals surface area contributed by atoms with Crippen LogP contribution in [0.25, 0.3) is 11.3 Å². The van der Waals surface area contributed by atoms with E-state index in [1.165, 1.54) is 29.0 Å². The summed E-state index contributed by atoms with van der Waals surface area (Å²) < 4.78 is 2.28. The van der Waals surface area contributed by atoms with Gasteiger partial charge < -0.3 is 14.8 Å². The normalized spacial score (nSPS) is 15.5. The molecule has 6 rings (SSSR count). The monoisotopic (exact) mass is 431 g/mol. The van der Waals surface area contributed by atoms with Crippen molar-refractivity contribution in [2.45, 2.75) is 38.6 Å². The zero-order chi connectivity index (χ0) is 20.9. The largest absolute Gasteiger partial charge is 0.353 e. The molecule has 0 atom stereocenters. The lowest BCUT2D eigenvalue weighted by molar-refractivity contribution is 0.726. The Morgan fingerprint density at radius 1 is 1.26 bits per heavy atom. The Balaban J connectivity index is 1.28. The molecule has 0 saturated heterocycles. The minimum absolute atomic E-state index is 0.775. The second-order valence-electron chi connectivity index (χ2n) is 8.53. The van der Waals surface area contributed by atoms with Crippen LogP contribution < -0.4 is 10.2 Å². The number of aryl methyl sites for hydroxylation is 2. The number of nitrogens with zero attached hydrogens (tertiary/aromatic N) is 5. The highest BCUT2D eigenvalue weighted by atomic mass is 32.1. The fraction of sp³-hybridized carbons (Fsp3) is 0.348. The highest BCUT2D eigenvalue weighted by Gasteiger charge is 2.28. The number of hydrogen-bond donors (Lipinski definition) is 2. The van der Waals surface area contributed by atoms with Crippen LogP contribution in [0, 0.1) is 6.92 Å². The van der Waals surface area contributed by atoms with Crippen LogP contribution in [0.4, 0.5) is 16.8 Å². The second kappa shape index (κ2) is 7.23. The summed E-state index contributed by atoms with van der Waals surface area (Å²) >= 11 is 1.71. The molecule has 1 aliphatic carbocycles. The van der Waals surface area contributed by atoms with Gasteiger partial charge in [-0.05, 0) is 49.4 Å². The predicted molar refractivity (Wildman–Crippen MR) is 124 cm³/mol. The van der Waals surface area contributed by atoms with Crippen molar-refractivity contribution in [3.63, 3.8) is 0 Å². The highest BCUT2D eigenvalue weighted by Crippen LogP contribution is 2.42. The van der Waals surface area contributed by atoms with Gasteiger partial charge in [-0.1, -0.05) is 6.07 Å². The van der Waals surface area contributed by atoms with E-state index in [4.69, 9.17) is 4.98 Å². The summed E-state index contributed by atoms with van der Waals surface area (Å²) in [5, 5.41) is 11.8. The third-order valence-corrected chi connectivity index (χ3v) is 7.18. The Kier molecular flexibility index (Phi) is 4.34. The van der Waals surface area contributed by atoms with Gasteiger partial charge in [0, 0.05) is 42.5 Å². The van der Waals surface area contributed by atoms with Crippen molar-refractivity contribution in [2.24, 2.45) is 7.05 Å². The Hall–Kier alpha value is -3.13. The maximum Gasteiger partial charge on any atom is 0.189 e. The molecule has 0 aromatic carbocycles. The molecule has 0 spiro atoms. The first-order chi connectivity index (χ1) is 15.1. The van der Waals surface area contributed by atoms with E-state index in [0.717, 1.165) is 59.1 Å². The van der Waals surface area contributed by atoms with Crippen molar-refractivity contribution in [3.05, 3.63) is 58.5 Å². The van der Waals surface area contributed by atoms with Crippen molar-refractivity contribution >= 4 is 28.1 Å². The average Bonchev–Trinajstić information content (AvgIpc) is 3.22. The molecule has 1 fully saturated rings. The molecular formula is C23H25N7S. The Morgan fingerprint density at radius 3 is 3.00 bits per heavy atom. The molecule has 4 aromatic rings. The van der Waals surface area contributed by atoms with Gasteiger partial charge in [0.05, 0.1) is 24.0 Å². The summed E-state index contributed by atoms with van der Waals surface area (Å²) in [4.78, 5) is 13.1. The molecule has 0 amide bonds. The number of aromatic amines is 1. The predicted octanol–water partition coefficient (Wildman–Crippen LogP) is 4.76. The molecule has 0 unspecified atom stereocenters. The van der Waals surface area contributed by atoms with Crippen LogP contribution in [-0.4, -0.2) is 31.3 Å². The zero-order valence-electron chi connectivity index (χ0n) is 17.7. The van der Waals surface area contributed by atoms with E-state index < -0.39 is 0 Å². The quantitative estimate of drug-likeness (QED) is 0.477. The molecule has 8 heteroatoms. The lowest BCUT2D eigenvalue weighted by Gasteiger charge is -2.22. The minimum atomic E-state index is 0.775. The minimum Gasteiger partial charge on any atom is -0.353 e. The van der Waals surface area contributed by atoms with Gasteiger partial charge in [0.25, 0.3) is 0 Å². The number of H-pyrrole nitrogens is 1. The van der Waals surface area contributed by atoms with Gasteiger partial charge in [-0.15, -0.1) is 11.3 Å². The highest BCUT2D eigenvalue weighted by molar-refractivity contribution is 7.16. The number of anilines is 3. The lowest BCUT2D eigenvalue weighted by atomic mass is 10.2. The maximum atomic E-state index is 4.92. The van der Waals surface area contributed by atoms with E-state index in [1.807, 2.05) is 31.3 Å². The molecule has 1 aliphatic heterocycles. The third kappa shape index (κ3) is 3.50. The molecule has 4 aromatic heterocycles. The van der Waals surface area contributed by atoms with Gasteiger partial charge in [-0.3, -0.25) is 5.10 Å². The Labute approximate surface area is 185 Å².